The number of aromatic nitrogens is 8. The van der Waals surface area contributed by atoms with Crippen LogP contribution in [0.15, 0.2) is 93.4 Å². The summed E-state index contributed by atoms with van der Waals surface area (Å²) in [6.45, 7) is 21.2. The largest absolute Gasteiger partial charge is 0.302 e. The van der Waals surface area contributed by atoms with Gasteiger partial charge in [0.1, 0.15) is 20.8 Å². The number of Topliss-reactive ketones (excluding diaryl/α,β-unsaturated/α-hetero) is 1. The van der Waals surface area contributed by atoms with Gasteiger partial charge >= 0.3 is 120 Å². The molecule has 64 heavy (non-hydrogen) atoms. The summed E-state index contributed by atoms with van der Waals surface area (Å²) in [6.07, 6.45) is 20.0. The second-order valence-electron chi connectivity index (χ2n) is 15.7. The molecule has 0 bridgehead atoms. The SMILES string of the molecule is C=[C](OCC)[Sn]([CH2]CCC)([CH2]CCC)[CH2]CCC.CCn1ncc(Cc2cncn2-c2ccc(F)cc2C(C)=O)c1Br.CCn1ncc(Cc2cncn2-c2ccc(F)cc2I)c1Br. The second kappa shape index (κ2) is 26.8. The van der Waals surface area contributed by atoms with Crippen LogP contribution in [-0.4, -0.2) is 69.4 Å². The molecule has 0 aliphatic carbocycles. The molecular formula is C48H63Br2F2IN8O2Sn. The summed E-state index contributed by atoms with van der Waals surface area (Å²) in [6, 6.07) is 8.95. The van der Waals surface area contributed by atoms with Crippen molar-refractivity contribution in [3.63, 3.8) is 0 Å². The van der Waals surface area contributed by atoms with Gasteiger partial charge in [0.2, 0.25) is 0 Å². The van der Waals surface area contributed by atoms with E-state index >= 15 is 0 Å². The fraction of sp³-hybridized carbons (Fsp3) is 0.438. The van der Waals surface area contributed by atoms with E-state index in [0.29, 0.717) is 24.1 Å². The minimum absolute atomic E-state index is 0.191. The van der Waals surface area contributed by atoms with E-state index in [0.717, 1.165) is 60.7 Å². The Balaban J connectivity index is 0.000000213. The van der Waals surface area contributed by atoms with E-state index in [1.165, 1.54) is 86.8 Å². The van der Waals surface area contributed by atoms with Crippen LogP contribution in [0.2, 0.25) is 13.3 Å². The zero-order valence-electron chi connectivity index (χ0n) is 38.3. The van der Waals surface area contributed by atoms with Crippen LogP contribution in [0.5, 0.6) is 0 Å². The van der Waals surface area contributed by atoms with Crippen LogP contribution >= 0.6 is 54.5 Å². The zero-order valence-corrected chi connectivity index (χ0v) is 46.5. The Morgan fingerprint density at radius 1 is 0.719 bits per heavy atom. The molecule has 0 N–H and O–H groups in total. The summed E-state index contributed by atoms with van der Waals surface area (Å²) < 4.78 is 48.6. The van der Waals surface area contributed by atoms with Crippen molar-refractivity contribution in [2.75, 3.05) is 6.61 Å². The first-order valence-corrected chi connectivity index (χ1v) is 32.4. The number of hydrogen-bond acceptors (Lipinski definition) is 6. The van der Waals surface area contributed by atoms with Crippen molar-refractivity contribution < 1.29 is 18.3 Å². The molecular weight excluding hydrogens is 1160 g/mol. The molecule has 0 aliphatic rings. The number of hydrogen-bond donors (Lipinski definition) is 0. The molecule has 0 spiro atoms. The minimum atomic E-state index is -2.24. The number of carbonyl (C=O) groups excluding carboxylic acids is 1. The molecule has 10 nitrogen and oxygen atoms in total. The van der Waals surface area contributed by atoms with Gasteiger partial charge < -0.3 is 9.13 Å². The van der Waals surface area contributed by atoms with E-state index in [2.05, 4.69) is 109 Å². The molecule has 2 aromatic carbocycles. The standard InChI is InChI=1S/C17H16BrFN4O.C15H13BrFIN4.C4H7O.3C4H9.Sn/c1-3-23-17(18)12(8-21-23)6-14-9-20-10-22(14)16-5-4-13(19)7-15(16)11(2)24;1-2-22-15(16)10(7-20-22)5-12-8-19-9-21(12)14-4-3-11(17)6-13(14)18;1-3-5-4-2;3*1-3-4-2;/h4-5,7-10H,3,6H2,1-2H3;3-4,6-9H,2,5H2,1H3;1,4H2,2H3;3*1,3-4H2,2H3;. The van der Waals surface area contributed by atoms with Crippen molar-refractivity contribution in [2.24, 2.45) is 0 Å². The van der Waals surface area contributed by atoms with Crippen LogP contribution < -0.4 is 0 Å². The summed E-state index contributed by atoms with van der Waals surface area (Å²) in [5.41, 5.74) is 5.91. The van der Waals surface area contributed by atoms with E-state index in [-0.39, 0.29) is 11.6 Å². The second-order valence-corrected chi connectivity index (χ2v) is 31.5. The van der Waals surface area contributed by atoms with Crippen molar-refractivity contribution in [3.8, 4) is 11.4 Å². The van der Waals surface area contributed by atoms with Crippen LogP contribution in [0.25, 0.3) is 11.4 Å². The Labute approximate surface area is 413 Å². The Morgan fingerprint density at radius 2 is 1.17 bits per heavy atom. The fourth-order valence-corrected chi connectivity index (χ4v) is 24.1. The van der Waals surface area contributed by atoms with Crippen molar-refractivity contribution in [2.45, 2.75) is 126 Å². The van der Waals surface area contributed by atoms with Gasteiger partial charge in [0.15, 0.2) is 5.78 Å². The first kappa shape index (κ1) is 53.5. The third kappa shape index (κ3) is 14.4. The predicted octanol–water partition coefficient (Wildman–Crippen LogP) is 13.9. The van der Waals surface area contributed by atoms with E-state index in [4.69, 9.17) is 4.74 Å². The third-order valence-corrected chi connectivity index (χ3v) is 28.9. The Morgan fingerprint density at radius 3 is 1.58 bits per heavy atom. The van der Waals surface area contributed by atoms with Gasteiger partial charge in [-0.15, -0.1) is 0 Å². The number of carbonyl (C=O) groups is 1. The van der Waals surface area contributed by atoms with Crippen LogP contribution in [-0.2, 0) is 30.7 Å². The maximum Gasteiger partial charge on any atom is 0.162 e. The normalized spacial score (nSPS) is 11.2. The van der Waals surface area contributed by atoms with E-state index in [9.17, 15) is 13.6 Å². The molecule has 0 atom stereocenters. The van der Waals surface area contributed by atoms with Gasteiger partial charge in [-0.1, -0.05) is 0 Å². The molecule has 6 rings (SSSR count). The molecule has 4 heterocycles. The van der Waals surface area contributed by atoms with E-state index in [1.54, 1.807) is 31.0 Å². The van der Waals surface area contributed by atoms with Gasteiger partial charge in [-0.05, 0) is 112 Å². The molecule has 0 aliphatic heterocycles. The molecule has 16 heteroatoms. The van der Waals surface area contributed by atoms with Gasteiger partial charge in [0.05, 0.1) is 36.4 Å². The van der Waals surface area contributed by atoms with Crippen LogP contribution in [0.1, 0.15) is 120 Å². The van der Waals surface area contributed by atoms with Gasteiger partial charge in [-0.25, -0.2) is 18.7 Å². The number of aryl methyl sites for hydroxylation is 2. The molecule has 0 amide bonds. The summed E-state index contributed by atoms with van der Waals surface area (Å²) in [5, 5.41) is 8.65. The fourth-order valence-electron chi connectivity index (χ4n) is 7.57. The molecule has 0 saturated heterocycles. The smallest absolute Gasteiger partial charge is 0.162 e. The Bertz CT molecular complexity index is 2390. The van der Waals surface area contributed by atoms with Crippen molar-refractivity contribution in [1.29, 1.82) is 0 Å². The maximum atomic E-state index is 13.5. The number of rotatable bonds is 21. The Hall–Kier alpha value is -3.16. The Kier molecular flexibility index (Phi) is 22.4. The summed E-state index contributed by atoms with van der Waals surface area (Å²) >= 11 is 7.03. The van der Waals surface area contributed by atoms with E-state index < -0.39 is 24.2 Å². The van der Waals surface area contributed by atoms with Crippen LogP contribution in [0, 0.1) is 15.2 Å². The van der Waals surface area contributed by atoms with Gasteiger partial charge in [-0.3, -0.25) is 14.2 Å². The monoisotopic (exact) mass is 1230 g/mol. The molecule has 0 fully saturated rings. The molecule has 4 aromatic heterocycles. The topological polar surface area (TPSA) is 97.6 Å². The van der Waals surface area contributed by atoms with Gasteiger partial charge in [0, 0.05) is 70.0 Å². The van der Waals surface area contributed by atoms with Gasteiger partial charge in [-0.2, -0.15) is 10.2 Å². The number of halogens is 5. The maximum absolute atomic E-state index is 13.5. The number of imidazole rings is 2. The average Bonchev–Trinajstić information content (AvgIpc) is 4.10. The zero-order chi connectivity index (χ0) is 46.8. The molecule has 346 valence electrons. The predicted molar refractivity (Wildman–Crippen MR) is 272 cm³/mol. The van der Waals surface area contributed by atoms with Crippen molar-refractivity contribution in [1.82, 2.24) is 38.7 Å². The van der Waals surface area contributed by atoms with Gasteiger partial charge in [0.25, 0.3) is 0 Å². The summed E-state index contributed by atoms with van der Waals surface area (Å²) in [4.78, 5) is 20.3. The van der Waals surface area contributed by atoms with Crippen LogP contribution in [0.3, 0.4) is 0 Å². The number of nitrogens with zero attached hydrogens (tertiary/aromatic N) is 8. The summed E-state index contributed by atoms with van der Waals surface area (Å²) in [5.74, 6) is -0.858. The number of benzene rings is 2. The molecule has 6 aromatic rings. The van der Waals surface area contributed by atoms with Crippen LogP contribution in [0.4, 0.5) is 8.78 Å². The quantitative estimate of drug-likeness (QED) is 0.0308. The molecule has 0 saturated carbocycles. The number of ether oxygens (including phenoxy) is 1. The third-order valence-electron chi connectivity index (χ3n) is 11.2. The van der Waals surface area contributed by atoms with E-state index in [1.807, 2.05) is 50.9 Å². The summed E-state index contributed by atoms with van der Waals surface area (Å²) in [7, 11) is 0. The molecule has 0 radical (unpaired) electrons. The first-order chi connectivity index (χ1) is 30.8. The minimum Gasteiger partial charge on any atom is -0.302 e. The molecule has 0 unspecified atom stereocenters. The van der Waals surface area contributed by atoms with Crippen molar-refractivity contribution >= 4 is 78.6 Å². The first-order valence-electron chi connectivity index (χ1n) is 22.3. The number of unbranched alkanes of at least 4 members (excludes halogenated alkanes) is 3. The average molecular weight is 1230 g/mol. The number of ketones is 1. The van der Waals surface area contributed by atoms with Crippen molar-refractivity contribution in [3.05, 3.63) is 137 Å².